The zero-order valence-corrected chi connectivity index (χ0v) is 11.2. The maximum absolute atomic E-state index is 11.8. The molecule has 1 aliphatic heterocycles. The molecule has 0 N–H and O–H groups in total. The highest BCUT2D eigenvalue weighted by molar-refractivity contribution is 7.99. The molecule has 1 unspecified atom stereocenters. The standard InChI is InChI=1S/C12H23NO2S/c1-3-4-6-11(12(14)15-2)13-7-5-9-16-10-8-13/h11H,3-10H2,1-2H3. The van der Waals surface area contributed by atoms with Crippen LogP contribution in [0.15, 0.2) is 0 Å². The average molecular weight is 245 g/mol. The molecule has 94 valence electrons. The quantitative estimate of drug-likeness (QED) is 0.694. The first-order valence-corrected chi connectivity index (χ1v) is 7.34. The molecule has 1 rings (SSSR count). The van der Waals surface area contributed by atoms with Gasteiger partial charge in [-0.25, -0.2) is 0 Å². The average Bonchev–Trinajstić information content (AvgIpc) is 2.58. The molecule has 1 fully saturated rings. The first-order chi connectivity index (χ1) is 7.79. The number of unbranched alkanes of at least 4 members (excludes halogenated alkanes) is 1. The molecule has 1 heterocycles. The Hall–Kier alpha value is -0.220. The van der Waals surface area contributed by atoms with Crippen LogP contribution in [-0.4, -0.2) is 48.6 Å². The largest absolute Gasteiger partial charge is 0.468 e. The fraction of sp³-hybridized carbons (Fsp3) is 0.917. The number of esters is 1. The molecule has 0 bridgehead atoms. The van der Waals surface area contributed by atoms with Crippen molar-refractivity contribution in [3.05, 3.63) is 0 Å². The van der Waals surface area contributed by atoms with Gasteiger partial charge in [0.15, 0.2) is 0 Å². The second-order valence-corrected chi connectivity index (χ2v) is 5.41. The first-order valence-electron chi connectivity index (χ1n) is 6.19. The molecule has 1 saturated heterocycles. The molecule has 1 aliphatic rings. The van der Waals surface area contributed by atoms with Gasteiger partial charge in [0, 0.05) is 12.3 Å². The van der Waals surface area contributed by atoms with Gasteiger partial charge in [-0.05, 0) is 25.1 Å². The van der Waals surface area contributed by atoms with Crippen molar-refractivity contribution in [2.45, 2.75) is 38.6 Å². The van der Waals surface area contributed by atoms with Gasteiger partial charge < -0.3 is 4.74 Å². The van der Waals surface area contributed by atoms with Crippen LogP contribution < -0.4 is 0 Å². The summed E-state index contributed by atoms with van der Waals surface area (Å²) in [6, 6.07) is -0.0105. The normalized spacial score (nSPS) is 20.1. The minimum Gasteiger partial charge on any atom is -0.468 e. The number of nitrogens with zero attached hydrogens (tertiary/aromatic N) is 1. The summed E-state index contributed by atoms with van der Waals surface area (Å²) in [5.41, 5.74) is 0. The van der Waals surface area contributed by atoms with Crippen LogP contribution in [0.5, 0.6) is 0 Å². The number of hydrogen-bond donors (Lipinski definition) is 0. The Labute approximate surface area is 103 Å². The van der Waals surface area contributed by atoms with E-state index in [0.29, 0.717) is 0 Å². The summed E-state index contributed by atoms with van der Waals surface area (Å²) < 4.78 is 4.92. The minimum absolute atomic E-state index is 0.0105. The summed E-state index contributed by atoms with van der Waals surface area (Å²) in [7, 11) is 1.49. The Morgan fingerprint density at radius 2 is 2.25 bits per heavy atom. The predicted molar refractivity (Wildman–Crippen MR) is 68.8 cm³/mol. The molecular weight excluding hydrogens is 222 g/mol. The summed E-state index contributed by atoms with van der Waals surface area (Å²) >= 11 is 1.99. The molecule has 4 heteroatoms. The van der Waals surface area contributed by atoms with E-state index in [1.54, 1.807) is 0 Å². The number of ether oxygens (including phenoxy) is 1. The third-order valence-corrected chi connectivity index (χ3v) is 4.05. The smallest absolute Gasteiger partial charge is 0.323 e. The molecule has 0 aliphatic carbocycles. The molecule has 0 aromatic carbocycles. The van der Waals surface area contributed by atoms with E-state index in [4.69, 9.17) is 4.74 Å². The second-order valence-electron chi connectivity index (χ2n) is 4.18. The maximum Gasteiger partial charge on any atom is 0.323 e. The molecule has 0 spiro atoms. The van der Waals surface area contributed by atoms with Gasteiger partial charge in [0.1, 0.15) is 6.04 Å². The molecule has 0 saturated carbocycles. The number of methoxy groups -OCH3 is 1. The SMILES string of the molecule is CCCCC(C(=O)OC)N1CCCSCC1. The van der Waals surface area contributed by atoms with E-state index < -0.39 is 0 Å². The van der Waals surface area contributed by atoms with E-state index in [2.05, 4.69) is 11.8 Å². The third-order valence-electron chi connectivity index (χ3n) is 3.00. The van der Waals surface area contributed by atoms with Crippen molar-refractivity contribution in [2.24, 2.45) is 0 Å². The van der Waals surface area contributed by atoms with Gasteiger partial charge in [0.25, 0.3) is 0 Å². The van der Waals surface area contributed by atoms with Crippen LogP contribution >= 0.6 is 11.8 Å². The first kappa shape index (κ1) is 13.8. The van der Waals surface area contributed by atoms with E-state index in [1.165, 1.54) is 19.3 Å². The molecule has 1 atom stereocenters. The zero-order valence-electron chi connectivity index (χ0n) is 10.4. The molecular formula is C12H23NO2S. The fourth-order valence-corrected chi connectivity index (χ4v) is 2.96. The van der Waals surface area contributed by atoms with Crippen molar-refractivity contribution in [3.8, 4) is 0 Å². The van der Waals surface area contributed by atoms with Gasteiger partial charge in [-0.2, -0.15) is 11.8 Å². The highest BCUT2D eigenvalue weighted by Gasteiger charge is 2.26. The summed E-state index contributed by atoms with van der Waals surface area (Å²) in [5, 5.41) is 0. The number of rotatable bonds is 5. The zero-order chi connectivity index (χ0) is 11.8. The summed E-state index contributed by atoms with van der Waals surface area (Å²) in [5.74, 6) is 2.30. The van der Waals surface area contributed by atoms with Gasteiger partial charge in [0.05, 0.1) is 7.11 Å². The van der Waals surface area contributed by atoms with Crippen LogP contribution in [0, 0.1) is 0 Å². The highest BCUT2D eigenvalue weighted by atomic mass is 32.2. The molecule has 0 amide bonds. The summed E-state index contributed by atoms with van der Waals surface area (Å²) in [6.45, 7) is 4.22. The van der Waals surface area contributed by atoms with Crippen molar-refractivity contribution >= 4 is 17.7 Å². The maximum atomic E-state index is 11.8. The number of carbonyl (C=O) groups is 1. The van der Waals surface area contributed by atoms with Gasteiger partial charge in [0.2, 0.25) is 0 Å². The van der Waals surface area contributed by atoms with Crippen LogP contribution in [0.1, 0.15) is 32.6 Å². The van der Waals surface area contributed by atoms with Crippen molar-refractivity contribution in [3.63, 3.8) is 0 Å². The van der Waals surface area contributed by atoms with Crippen molar-refractivity contribution in [2.75, 3.05) is 31.7 Å². The molecule has 3 nitrogen and oxygen atoms in total. The van der Waals surface area contributed by atoms with Crippen molar-refractivity contribution in [1.29, 1.82) is 0 Å². The lowest BCUT2D eigenvalue weighted by atomic mass is 10.1. The van der Waals surface area contributed by atoms with Crippen molar-refractivity contribution < 1.29 is 9.53 Å². The van der Waals surface area contributed by atoms with Crippen molar-refractivity contribution in [1.82, 2.24) is 4.90 Å². The monoisotopic (exact) mass is 245 g/mol. The lowest BCUT2D eigenvalue weighted by Gasteiger charge is -2.28. The third kappa shape index (κ3) is 4.34. The number of hydrogen-bond acceptors (Lipinski definition) is 4. The van der Waals surface area contributed by atoms with Gasteiger partial charge in [-0.3, -0.25) is 9.69 Å². The minimum atomic E-state index is -0.0552. The van der Waals surface area contributed by atoms with E-state index in [9.17, 15) is 4.79 Å². The van der Waals surface area contributed by atoms with Crippen LogP contribution in [0.2, 0.25) is 0 Å². The molecule has 0 radical (unpaired) electrons. The molecule has 16 heavy (non-hydrogen) atoms. The van der Waals surface area contributed by atoms with Gasteiger partial charge >= 0.3 is 5.97 Å². The number of thioether (sulfide) groups is 1. The van der Waals surface area contributed by atoms with Gasteiger partial charge in [-0.15, -0.1) is 0 Å². The van der Waals surface area contributed by atoms with E-state index in [1.807, 2.05) is 11.8 Å². The Balaban J connectivity index is 2.54. The van der Waals surface area contributed by atoms with E-state index >= 15 is 0 Å². The highest BCUT2D eigenvalue weighted by Crippen LogP contribution is 2.16. The molecule has 0 aromatic heterocycles. The fourth-order valence-electron chi connectivity index (χ4n) is 2.06. The second kappa shape index (κ2) is 7.96. The van der Waals surface area contributed by atoms with Crippen LogP contribution in [0.25, 0.3) is 0 Å². The van der Waals surface area contributed by atoms with Gasteiger partial charge in [-0.1, -0.05) is 19.8 Å². The topological polar surface area (TPSA) is 29.5 Å². The van der Waals surface area contributed by atoms with E-state index in [-0.39, 0.29) is 12.0 Å². The van der Waals surface area contributed by atoms with Crippen LogP contribution in [-0.2, 0) is 9.53 Å². The Kier molecular flexibility index (Phi) is 6.88. The summed E-state index contributed by atoms with van der Waals surface area (Å²) in [4.78, 5) is 14.1. The summed E-state index contributed by atoms with van der Waals surface area (Å²) in [6.07, 6.45) is 4.36. The van der Waals surface area contributed by atoms with Crippen LogP contribution in [0.3, 0.4) is 0 Å². The van der Waals surface area contributed by atoms with E-state index in [0.717, 1.165) is 38.1 Å². The Morgan fingerprint density at radius 3 is 2.94 bits per heavy atom. The number of carbonyl (C=O) groups excluding carboxylic acids is 1. The lowest BCUT2D eigenvalue weighted by Crippen LogP contribution is -2.43. The lowest BCUT2D eigenvalue weighted by molar-refractivity contribution is -0.147. The predicted octanol–water partition coefficient (Wildman–Crippen LogP) is 2.16. The van der Waals surface area contributed by atoms with Crippen LogP contribution in [0.4, 0.5) is 0 Å². The Bertz CT molecular complexity index is 203. The molecule has 0 aromatic rings. The Morgan fingerprint density at radius 1 is 1.44 bits per heavy atom.